The number of pyridine rings is 1. The van der Waals surface area contributed by atoms with Gasteiger partial charge in [-0.05, 0) is 37.1 Å². The first-order valence-corrected chi connectivity index (χ1v) is 6.20. The summed E-state index contributed by atoms with van der Waals surface area (Å²) in [5.74, 6) is 0.762. The SMILES string of the molecule is COCCCc1nc2ccc(OC)cc2cc1C=O. The van der Waals surface area contributed by atoms with Crippen LogP contribution in [-0.2, 0) is 11.2 Å². The van der Waals surface area contributed by atoms with Gasteiger partial charge in [0.15, 0.2) is 6.29 Å². The zero-order valence-electron chi connectivity index (χ0n) is 11.2. The van der Waals surface area contributed by atoms with Crippen molar-refractivity contribution in [3.05, 3.63) is 35.5 Å². The second-order valence-electron chi connectivity index (χ2n) is 4.30. The van der Waals surface area contributed by atoms with Gasteiger partial charge in [-0.1, -0.05) is 0 Å². The molecule has 0 unspecified atom stereocenters. The number of nitrogens with zero attached hydrogens (tertiary/aromatic N) is 1. The largest absolute Gasteiger partial charge is 0.497 e. The fraction of sp³-hybridized carbons (Fsp3) is 0.333. The second-order valence-corrected chi connectivity index (χ2v) is 4.30. The van der Waals surface area contributed by atoms with Crippen LogP contribution in [-0.4, -0.2) is 32.1 Å². The predicted octanol–water partition coefficient (Wildman–Crippen LogP) is 2.63. The summed E-state index contributed by atoms with van der Waals surface area (Å²) in [4.78, 5) is 15.7. The number of aromatic nitrogens is 1. The number of aldehydes is 1. The van der Waals surface area contributed by atoms with Crippen molar-refractivity contribution in [2.75, 3.05) is 20.8 Å². The van der Waals surface area contributed by atoms with Crippen LogP contribution in [0.2, 0.25) is 0 Å². The third-order valence-corrected chi connectivity index (χ3v) is 3.02. The maximum absolute atomic E-state index is 11.2. The highest BCUT2D eigenvalue weighted by molar-refractivity contribution is 5.88. The van der Waals surface area contributed by atoms with E-state index in [0.717, 1.165) is 41.5 Å². The van der Waals surface area contributed by atoms with Crippen LogP contribution in [0.1, 0.15) is 22.5 Å². The molecule has 0 spiro atoms. The molecule has 0 atom stereocenters. The molecule has 0 bridgehead atoms. The van der Waals surface area contributed by atoms with E-state index < -0.39 is 0 Å². The van der Waals surface area contributed by atoms with Crippen LogP contribution in [0, 0.1) is 0 Å². The number of carbonyl (C=O) groups is 1. The van der Waals surface area contributed by atoms with Gasteiger partial charge in [-0.3, -0.25) is 9.78 Å². The molecule has 0 aliphatic heterocycles. The first-order chi connectivity index (χ1) is 9.28. The predicted molar refractivity (Wildman–Crippen MR) is 73.9 cm³/mol. The number of hydrogen-bond acceptors (Lipinski definition) is 4. The molecule has 0 aliphatic carbocycles. The molecule has 2 rings (SSSR count). The topological polar surface area (TPSA) is 48.4 Å². The average Bonchev–Trinajstić information content (AvgIpc) is 2.46. The second kappa shape index (κ2) is 6.29. The van der Waals surface area contributed by atoms with E-state index in [2.05, 4.69) is 4.98 Å². The van der Waals surface area contributed by atoms with Crippen molar-refractivity contribution in [1.29, 1.82) is 0 Å². The highest BCUT2D eigenvalue weighted by Gasteiger charge is 2.07. The van der Waals surface area contributed by atoms with Crippen molar-refractivity contribution in [1.82, 2.24) is 4.98 Å². The summed E-state index contributed by atoms with van der Waals surface area (Å²) in [5, 5.41) is 0.914. The van der Waals surface area contributed by atoms with Crippen LogP contribution in [0.5, 0.6) is 5.75 Å². The van der Waals surface area contributed by atoms with Crippen molar-refractivity contribution in [3.63, 3.8) is 0 Å². The van der Waals surface area contributed by atoms with Crippen molar-refractivity contribution in [2.24, 2.45) is 0 Å². The van der Waals surface area contributed by atoms with Crippen LogP contribution in [0.25, 0.3) is 10.9 Å². The molecule has 0 N–H and O–H groups in total. The van der Waals surface area contributed by atoms with Crippen molar-refractivity contribution in [3.8, 4) is 5.75 Å². The Bertz CT molecular complexity index is 581. The van der Waals surface area contributed by atoms with Gasteiger partial charge in [0.05, 0.1) is 18.3 Å². The van der Waals surface area contributed by atoms with Crippen LogP contribution in [0.4, 0.5) is 0 Å². The highest BCUT2D eigenvalue weighted by atomic mass is 16.5. The quantitative estimate of drug-likeness (QED) is 0.591. The van der Waals surface area contributed by atoms with Gasteiger partial charge in [0.1, 0.15) is 5.75 Å². The van der Waals surface area contributed by atoms with Gasteiger partial charge in [-0.15, -0.1) is 0 Å². The van der Waals surface area contributed by atoms with Gasteiger partial charge in [-0.25, -0.2) is 0 Å². The maximum Gasteiger partial charge on any atom is 0.151 e. The molecule has 0 radical (unpaired) electrons. The van der Waals surface area contributed by atoms with E-state index in [1.54, 1.807) is 14.2 Å². The Morgan fingerprint density at radius 3 is 2.79 bits per heavy atom. The number of aryl methyl sites for hydroxylation is 1. The fourth-order valence-electron chi connectivity index (χ4n) is 2.02. The van der Waals surface area contributed by atoms with Gasteiger partial charge < -0.3 is 9.47 Å². The molecule has 1 heterocycles. The first-order valence-electron chi connectivity index (χ1n) is 6.20. The van der Waals surface area contributed by atoms with Crippen molar-refractivity contribution in [2.45, 2.75) is 12.8 Å². The minimum Gasteiger partial charge on any atom is -0.497 e. The molecule has 4 heteroatoms. The maximum atomic E-state index is 11.2. The Balaban J connectivity index is 2.38. The molecule has 0 amide bonds. The summed E-state index contributed by atoms with van der Waals surface area (Å²) in [6.07, 6.45) is 2.45. The first kappa shape index (κ1) is 13.5. The monoisotopic (exact) mass is 259 g/mol. The Hall–Kier alpha value is -1.94. The lowest BCUT2D eigenvalue weighted by Gasteiger charge is -2.07. The summed E-state index contributed by atoms with van der Waals surface area (Å²) in [6.45, 7) is 0.667. The standard InChI is InChI=1S/C15H17NO3/c1-18-7-3-4-14-12(10-17)8-11-9-13(19-2)5-6-15(11)16-14/h5-6,8-10H,3-4,7H2,1-2H3. The Morgan fingerprint density at radius 2 is 2.11 bits per heavy atom. The normalized spacial score (nSPS) is 10.6. The zero-order chi connectivity index (χ0) is 13.7. The molecule has 2 aromatic rings. The molecule has 0 fully saturated rings. The van der Waals surface area contributed by atoms with Crippen LogP contribution in [0.15, 0.2) is 24.3 Å². The molecule has 100 valence electrons. The Kier molecular flexibility index (Phi) is 4.47. The van der Waals surface area contributed by atoms with Gasteiger partial charge >= 0.3 is 0 Å². The number of rotatable bonds is 6. The van der Waals surface area contributed by atoms with E-state index in [1.165, 1.54) is 0 Å². The molecule has 1 aromatic heterocycles. The minimum atomic E-state index is 0.636. The number of fused-ring (bicyclic) bond motifs is 1. The van der Waals surface area contributed by atoms with E-state index >= 15 is 0 Å². The number of methoxy groups -OCH3 is 2. The summed E-state index contributed by atoms with van der Waals surface area (Å²) >= 11 is 0. The Labute approximate surface area is 112 Å². The minimum absolute atomic E-state index is 0.636. The molecule has 19 heavy (non-hydrogen) atoms. The molecule has 0 aliphatic rings. The lowest BCUT2D eigenvalue weighted by molar-refractivity contribution is 0.112. The van der Waals surface area contributed by atoms with Gasteiger partial charge in [0.25, 0.3) is 0 Å². The molecule has 4 nitrogen and oxygen atoms in total. The van der Waals surface area contributed by atoms with Crippen LogP contribution < -0.4 is 4.74 Å². The van der Waals surface area contributed by atoms with Crippen LogP contribution in [0.3, 0.4) is 0 Å². The lowest BCUT2D eigenvalue weighted by Crippen LogP contribution is -2.00. The van der Waals surface area contributed by atoms with E-state index in [4.69, 9.17) is 9.47 Å². The number of carbonyl (C=O) groups excluding carboxylic acids is 1. The smallest absolute Gasteiger partial charge is 0.151 e. The molecule has 1 aromatic carbocycles. The van der Waals surface area contributed by atoms with Gasteiger partial charge in [0, 0.05) is 24.7 Å². The number of hydrogen-bond donors (Lipinski definition) is 0. The summed E-state index contributed by atoms with van der Waals surface area (Å²) in [5.41, 5.74) is 2.33. The van der Waals surface area contributed by atoms with Gasteiger partial charge in [0.2, 0.25) is 0 Å². The molecule has 0 saturated heterocycles. The average molecular weight is 259 g/mol. The lowest BCUT2D eigenvalue weighted by atomic mass is 10.1. The zero-order valence-corrected chi connectivity index (χ0v) is 11.2. The summed E-state index contributed by atoms with van der Waals surface area (Å²) in [7, 11) is 3.29. The van der Waals surface area contributed by atoms with Gasteiger partial charge in [-0.2, -0.15) is 0 Å². The summed E-state index contributed by atoms with van der Waals surface area (Å²) < 4.78 is 10.2. The molecule has 0 saturated carbocycles. The van der Waals surface area contributed by atoms with Crippen LogP contribution >= 0.6 is 0 Å². The molecular formula is C15H17NO3. The van der Waals surface area contributed by atoms with E-state index in [0.29, 0.717) is 12.2 Å². The highest BCUT2D eigenvalue weighted by Crippen LogP contribution is 2.22. The van der Waals surface area contributed by atoms with E-state index in [1.807, 2.05) is 24.3 Å². The number of benzene rings is 1. The molecular weight excluding hydrogens is 242 g/mol. The van der Waals surface area contributed by atoms with Crippen molar-refractivity contribution < 1.29 is 14.3 Å². The number of ether oxygens (including phenoxy) is 2. The third-order valence-electron chi connectivity index (χ3n) is 3.02. The Morgan fingerprint density at radius 1 is 1.26 bits per heavy atom. The fourth-order valence-corrected chi connectivity index (χ4v) is 2.02. The van der Waals surface area contributed by atoms with Crippen molar-refractivity contribution >= 4 is 17.2 Å². The van der Waals surface area contributed by atoms with E-state index in [-0.39, 0.29) is 0 Å². The summed E-state index contributed by atoms with van der Waals surface area (Å²) in [6, 6.07) is 7.52. The third kappa shape index (κ3) is 3.09. The van der Waals surface area contributed by atoms with E-state index in [9.17, 15) is 4.79 Å².